The molecule has 0 N–H and O–H groups in total. The fourth-order valence-electron chi connectivity index (χ4n) is 3.11. The molecule has 0 atom stereocenters. The van der Waals surface area contributed by atoms with Crippen molar-refractivity contribution in [3.63, 3.8) is 0 Å². The molecule has 2 aromatic heterocycles. The van der Waals surface area contributed by atoms with Crippen LogP contribution in [0.15, 0.2) is 53.3 Å². The quantitative estimate of drug-likeness (QED) is 0.579. The van der Waals surface area contributed by atoms with Crippen LogP contribution in [0.25, 0.3) is 11.2 Å². The number of halogens is 4. The average Bonchev–Trinajstić information content (AvgIpc) is 3.10. The minimum absolute atomic E-state index is 0.204. The second-order valence-electron chi connectivity index (χ2n) is 6.41. The van der Waals surface area contributed by atoms with Crippen LogP contribution in [0.2, 0.25) is 0 Å². The highest BCUT2D eigenvalue weighted by molar-refractivity contribution is 9.10. The highest BCUT2D eigenvalue weighted by atomic mass is 79.9. The van der Waals surface area contributed by atoms with Crippen LogP contribution in [0.5, 0.6) is 0 Å². The zero-order valence-electron chi connectivity index (χ0n) is 14.4. The third-order valence-electron chi connectivity index (χ3n) is 4.58. The van der Waals surface area contributed by atoms with Crippen molar-refractivity contribution in [1.29, 1.82) is 0 Å². The van der Waals surface area contributed by atoms with Gasteiger partial charge in [-0.3, -0.25) is 4.79 Å². The van der Waals surface area contributed by atoms with E-state index in [0.29, 0.717) is 30.9 Å². The molecule has 1 aromatic carbocycles. The Bertz CT molecular complexity index is 1070. The number of carbonyl (C=O) groups excluding carboxylic acids is 1. The number of hydrogen-bond acceptors (Lipinski definition) is 3. The van der Waals surface area contributed by atoms with Crippen LogP contribution >= 0.6 is 15.9 Å². The lowest BCUT2D eigenvalue weighted by Crippen LogP contribution is -2.34. The standard InChI is InChI=1S/C19H14BrF3N4O/c20-15-10-24-17-9-16(25-27(17)11-15)18(28)26-7-5-13(6-8-26)12-1-3-14(4-2-12)19(21,22)23/h1-5,9-11H,6-8H2. The van der Waals surface area contributed by atoms with Crippen molar-refractivity contribution >= 4 is 33.1 Å². The number of rotatable bonds is 2. The van der Waals surface area contributed by atoms with Crippen LogP contribution in [0, 0.1) is 0 Å². The summed E-state index contributed by atoms with van der Waals surface area (Å²) in [5.41, 5.74) is 1.87. The van der Waals surface area contributed by atoms with Crippen LogP contribution < -0.4 is 0 Å². The molecule has 0 spiro atoms. The molecule has 3 heterocycles. The molecule has 0 fully saturated rings. The summed E-state index contributed by atoms with van der Waals surface area (Å²) in [5.74, 6) is -0.204. The molecular formula is C19H14BrF3N4O. The zero-order valence-corrected chi connectivity index (χ0v) is 16.0. The molecular weight excluding hydrogens is 437 g/mol. The van der Waals surface area contributed by atoms with E-state index in [9.17, 15) is 18.0 Å². The number of amides is 1. The molecule has 5 nitrogen and oxygen atoms in total. The van der Waals surface area contributed by atoms with Gasteiger partial charge in [-0.15, -0.1) is 0 Å². The summed E-state index contributed by atoms with van der Waals surface area (Å²) in [6.07, 6.45) is 1.44. The maximum absolute atomic E-state index is 12.7. The SMILES string of the molecule is O=C(c1cc2ncc(Br)cn2n1)N1CC=C(c2ccc(C(F)(F)F)cc2)CC1. The Kier molecular flexibility index (Phi) is 4.70. The maximum Gasteiger partial charge on any atom is 0.416 e. The fraction of sp³-hybridized carbons (Fsp3) is 0.211. The first kappa shape index (κ1) is 18.7. The molecule has 0 radical (unpaired) electrons. The van der Waals surface area contributed by atoms with E-state index in [4.69, 9.17) is 0 Å². The van der Waals surface area contributed by atoms with Crippen molar-refractivity contribution in [3.05, 3.63) is 70.1 Å². The van der Waals surface area contributed by atoms with Gasteiger partial charge in [-0.1, -0.05) is 18.2 Å². The van der Waals surface area contributed by atoms with E-state index in [2.05, 4.69) is 26.0 Å². The Morgan fingerprint density at radius 1 is 1.18 bits per heavy atom. The van der Waals surface area contributed by atoms with Crippen LogP contribution in [0.3, 0.4) is 0 Å². The van der Waals surface area contributed by atoms with Crippen LogP contribution in [-0.2, 0) is 6.18 Å². The Morgan fingerprint density at radius 2 is 1.93 bits per heavy atom. The van der Waals surface area contributed by atoms with Crippen molar-refractivity contribution in [2.75, 3.05) is 13.1 Å². The Balaban J connectivity index is 1.49. The second kappa shape index (κ2) is 7.05. The molecule has 0 saturated heterocycles. The van der Waals surface area contributed by atoms with Crippen molar-refractivity contribution in [2.45, 2.75) is 12.6 Å². The summed E-state index contributed by atoms with van der Waals surface area (Å²) >= 11 is 3.31. The minimum Gasteiger partial charge on any atom is -0.333 e. The van der Waals surface area contributed by atoms with E-state index in [1.807, 2.05) is 6.08 Å². The van der Waals surface area contributed by atoms with Gasteiger partial charge in [0.25, 0.3) is 5.91 Å². The molecule has 0 bridgehead atoms. The molecule has 1 amide bonds. The maximum atomic E-state index is 12.7. The van der Waals surface area contributed by atoms with Gasteiger partial charge in [0.1, 0.15) is 0 Å². The molecule has 3 aromatic rings. The van der Waals surface area contributed by atoms with Gasteiger partial charge in [-0.25, -0.2) is 9.50 Å². The summed E-state index contributed by atoms with van der Waals surface area (Å²) < 4.78 is 40.4. The summed E-state index contributed by atoms with van der Waals surface area (Å²) in [6, 6.07) is 6.73. The first-order chi connectivity index (χ1) is 13.3. The molecule has 28 heavy (non-hydrogen) atoms. The topological polar surface area (TPSA) is 50.5 Å². The second-order valence-corrected chi connectivity index (χ2v) is 7.33. The highest BCUT2D eigenvalue weighted by Gasteiger charge is 2.30. The lowest BCUT2D eigenvalue weighted by atomic mass is 9.98. The predicted octanol–water partition coefficient (Wildman–Crippen LogP) is 4.44. The molecule has 1 aliphatic heterocycles. The third kappa shape index (κ3) is 3.66. The van der Waals surface area contributed by atoms with Gasteiger partial charge in [0.2, 0.25) is 0 Å². The van der Waals surface area contributed by atoms with Crippen molar-refractivity contribution in [2.24, 2.45) is 0 Å². The summed E-state index contributed by atoms with van der Waals surface area (Å²) in [4.78, 5) is 18.6. The largest absolute Gasteiger partial charge is 0.416 e. The fourth-order valence-corrected chi connectivity index (χ4v) is 3.41. The van der Waals surface area contributed by atoms with E-state index < -0.39 is 11.7 Å². The highest BCUT2D eigenvalue weighted by Crippen LogP contribution is 2.31. The van der Waals surface area contributed by atoms with E-state index >= 15 is 0 Å². The number of aromatic nitrogens is 3. The van der Waals surface area contributed by atoms with Crippen molar-refractivity contribution < 1.29 is 18.0 Å². The Hall–Kier alpha value is -2.68. The smallest absolute Gasteiger partial charge is 0.333 e. The van der Waals surface area contributed by atoms with Gasteiger partial charge in [0.05, 0.1) is 10.0 Å². The minimum atomic E-state index is -4.35. The van der Waals surface area contributed by atoms with Gasteiger partial charge in [-0.2, -0.15) is 18.3 Å². The number of carbonyl (C=O) groups is 1. The summed E-state index contributed by atoms with van der Waals surface area (Å²) in [6.45, 7) is 0.844. The van der Waals surface area contributed by atoms with E-state index in [0.717, 1.165) is 27.7 Å². The lowest BCUT2D eigenvalue weighted by Gasteiger charge is -2.26. The van der Waals surface area contributed by atoms with Crippen LogP contribution in [0.1, 0.15) is 28.0 Å². The number of nitrogens with zero attached hydrogens (tertiary/aromatic N) is 4. The first-order valence-corrected chi connectivity index (χ1v) is 9.27. The molecule has 0 unspecified atom stereocenters. The number of hydrogen-bond donors (Lipinski definition) is 0. The third-order valence-corrected chi connectivity index (χ3v) is 4.99. The lowest BCUT2D eigenvalue weighted by molar-refractivity contribution is -0.137. The van der Waals surface area contributed by atoms with Gasteiger partial charge >= 0.3 is 6.18 Å². The molecule has 0 aliphatic carbocycles. The summed E-state index contributed by atoms with van der Waals surface area (Å²) in [7, 11) is 0. The zero-order chi connectivity index (χ0) is 19.9. The molecule has 1 aliphatic rings. The predicted molar refractivity (Wildman–Crippen MR) is 101 cm³/mol. The normalized spacial score (nSPS) is 15.0. The number of alkyl halides is 3. The molecule has 9 heteroatoms. The van der Waals surface area contributed by atoms with Crippen LogP contribution in [-0.4, -0.2) is 38.5 Å². The van der Waals surface area contributed by atoms with Crippen molar-refractivity contribution in [1.82, 2.24) is 19.5 Å². The Morgan fingerprint density at radius 3 is 2.57 bits per heavy atom. The van der Waals surface area contributed by atoms with Gasteiger partial charge < -0.3 is 4.90 Å². The van der Waals surface area contributed by atoms with Gasteiger partial charge in [-0.05, 0) is 45.6 Å². The van der Waals surface area contributed by atoms with E-state index in [-0.39, 0.29) is 5.91 Å². The molecule has 0 saturated carbocycles. The van der Waals surface area contributed by atoms with Gasteiger partial charge in [0.15, 0.2) is 11.3 Å². The monoisotopic (exact) mass is 450 g/mol. The molecule has 144 valence electrons. The van der Waals surface area contributed by atoms with Crippen molar-refractivity contribution in [3.8, 4) is 0 Å². The van der Waals surface area contributed by atoms with Crippen LogP contribution in [0.4, 0.5) is 13.2 Å². The van der Waals surface area contributed by atoms with Gasteiger partial charge in [0, 0.05) is 31.5 Å². The van der Waals surface area contributed by atoms with E-state index in [1.165, 1.54) is 16.6 Å². The van der Waals surface area contributed by atoms with E-state index in [1.54, 1.807) is 23.4 Å². The number of benzene rings is 1. The summed E-state index contributed by atoms with van der Waals surface area (Å²) in [5, 5.41) is 4.26. The first-order valence-electron chi connectivity index (χ1n) is 8.48. The Labute approximate surface area is 166 Å². The average molecular weight is 451 g/mol. The number of fused-ring (bicyclic) bond motifs is 1. The molecule has 4 rings (SSSR count).